The number of para-hydroxylation sites is 1. The number of hydrogen-bond acceptors (Lipinski definition) is 4. The molecule has 0 heterocycles. The van der Waals surface area contributed by atoms with Gasteiger partial charge >= 0.3 is 0 Å². The highest BCUT2D eigenvalue weighted by Gasteiger charge is 2.26. The molecule has 0 saturated carbocycles. The van der Waals surface area contributed by atoms with E-state index in [1.165, 1.54) is 6.92 Å². The molecule has 0 aliphatic carbocycles. The van der Waals surface area contributed by atoms with E-state index in [4.69, 9.17) is 5.26 Å². The summed E-state index contributed by atoms with van der Waals surface area (Å²) in [6.45, 7) is 5.76. The smallest absolute Gasteiger partial charge is 0.282 e. The lowest BCUT2D eigenvalue weighted by atomic mass is 10.1. The molecular formula is C22H26N5O3+. The number of anilines is 3. The number of nitriles is 1. The highest BCUT2D eigenvalue weighted by molar-refractivity contribution is 5.95. The molecule has 0 saturated heterocycles. The van der Waals surface area contributed by atoms with Gasteiger partial charge in [-0.3, -0.25) is 14.4 Å². The van der Waals surface area contributed by atoms with Crippen molar-refractivity contribution in [2.24, 2.45) is 0 Å². The van der Waals surface area contributed by atoms with Crippen molar-refractivity contribution in [1.29, 1.82) is 5.26 Å². The molecule has 3 amide bonds. The van der Waals surface area contributed by atoms with Gasteiger partial charge in [-0.2, -0.15) is 5.26 Å². The van der Waals surface area contributed by atoms with Crippen LogP contribution in [-0.2, 0) is 14.4 Å². The number of hydrogen-bond donors (Lipinski definition) is 4. The van der Waals surface area contributed by atoms with Gasteiger partial charge in [-0.1, -0.05) is 12.1 Å². The van der Waals surface area contributed by atoms with E-state index in [0.717, 1.165) is 4.90 Å². The number of quaternary nitrogens is 1. The van der Waals surface area contributed by atoms with Crippen LogP contribution in [0.3, 0.4) is 0 Å². The van der Waals surface area contributed by atoms with E-state index in [-0.39, 0.29) is 24.3 Å². The van der Waals surface area contributed by atoms with Crippen molar-refractivity contribution >= 4 is 34.8 Å². The van der Waals surface area contributed by atoms with Gasteiger partial charge in [-0.15, -0.1) is 0 Å². The van der Waals surface area contributed by atoms with Gasteiger partial charge in [0.05, 0.1) is 17.8 Å². The van der Waals surface area contributed by atoms with Crippen LogP contribution in [0.1, 0.15) is 26.3 Å². The number of nitrogens with zero attached hydrogens (tertiary/aromatic N) is 1. The highest BCUT2D eigenvalue weighted by Crippen LogP contribution is 2.14. The fraction of sp³-hybridized carbons (Fsp3) is 0.273. The lowest BCUT2D eigenvalue weighted by molar-refractivity contribution is -0.904. The summed E-state index contributed by atoms with van der Waals surface area (Å²) in [5.74, 6) is -0.656. The van der Waals surface area contributed by atoms with Crippen molar-refractivity contribution in [2.45, 2.75) is 26.8 Å². The number of rotatable bonds is 8. The van der Waals surface area contributed by atoms with Crippen molar-refractivity contribution in [2.75, 3.05) is 29.0 Å². The van der Waals surface area contributed by atoms with Crippen LogP contribution >= 0.6 is 0 Å². The van der Waals surface area contributed by atoms with Gasteiger partial charge in [-0.25, -0.2) is 0 Å². The first-order valence-corrected chi connectivity index (χ1v) is 9.66. The molecule has 156 valence electrons. The molecule has 0 radical (unpaired) electrons. The summed E-state index contributed by atoms with van der Waals surface area (Å²) in [5.41, 5.74) is 2.08. The molecule has 0 bridgehead atoms. The minimum atomic E-state index is -0.491. The molecular weight excluding hydrogens is 382 g/mol. The molecule has 8 heteroatoms. The molecule has 1 unspecified atom stereocenters. The molecule has 0 aliphatic heterocycles. The average molecular weight is 408 g/mol. The van der Waals surface area contributed by atoms with E-state index in [0.29, 0.717) is 29.2 Å². The lowest BCUT2D eigenvalue weighted by Gasteiger charge is -2.23. The molecule has 2 aromatic carbocycles. The van der Waals surface area contributed by atoms with Gasteiger partial charge in [0.15, 0.2) is 12.6 Å². The van der Waals surface area contributed by atoms with Gasteiger partial charge in [0.1, 0.15) is 6.07 Å². The predicted octanol–water partition coefficient (Wildman–Crippen LogP) is 1.39. The zero-order valence-electron chi connectivity index (χ0n) is 17.3. The Morgan fingerprint density at radius 2 is 1.60 bits per heavy atom. The van der Waals surface area contributed by atoms with E-state index in [1.54, 1.807) is 55.5 Å². The Kier molecular flexibility index (Phi) is 8.08. The first-order valence-electron chi connectivity index (χ1n) is 9.66. The summed E-state index contributed by atoms with van der Waals surface area (Å²) in [7, 11) is 0. The molecule has 2 atom stereocenters. The van der Waals surface area contributed by atoms with Crippen LogP contribution in [0, 0.1) is 11.3 Å². The highest BCUT2D eigenvalue weighted by atomic mass is 16.2. The molecule has 0 fully saturated rings. The average Bonchev–Trinajstić information content (AvgIpc) is 2.73. The Bertz CT molecular complexity index is 950. The van der Waals surface area contributed by atoms with Crippen LogP contribution < -0.4 is 20.9 Å². The van der Waals surface area contributed by atoms with E-state index in [2.05, 4.69) is 16.0 Å². The number of likely N-dealkylation sites (N-methyl/N-ethyl adjacent to an activating group) is 1. The minimum absolute atomic E-state index is 0.110. The number of nitrogens with one attached hydrogen (secondary N) is 4. The summed E-state index contributed by atoms with van der Waals surface area (Å²) in [6, 6.07) is 15.1. The van der Waals surface area contributed by atoms with Crippen molar-refractivity contribution in [3.05, 3.63) is 54.1 Å². The maximum atomic E-state index is 12.6. The van der Waals surface area contributed by atoms with Gasteiger partial charge in [0.25, 0.3) is 11.8 Å². The maximum absolute atomic E-state index is 12.6. The number of amides is 3. The van der Waals surface area contributed by atoms with Crippen LogP contribution in [0.15, 0.2) is 48.5 Å². The Morgan fingerprint density at radius 1 is 1.00 bits per heavy atom. The summed E-state index contributed by atoms with van der Waals surface area (Å²) < 4.78 is 0. The van der Waals surface area contributed by atoms with E-state index >= 15 is 0 Å². The molecule has 4 N–H and O–H groups in total. The third kappa shape index (κ3) is 6.43. The number of carbonyl (C=O) groups is 3. The number of benzene rings is 2. The maximum Gasteiger partial charge on any atom is 0.282 e. The quantitative estimate of drug-likeness (QED) is 0.528. The first kappa shape index (κ1) is 22.6. The molecule has 8 nitrogen and oxygen atoms in total. The number of carbonyl (C=O) groups excluding carboxylic acids is 3. The van der Waals surface area contributed by atoms with Gasteiger partial charge < -0.3 is 20.9 Å². The second kappa shape index (κ2) is 10.7. The second-order valence-electron chi connectivity index (χ2n) is 6.86. The first-order chi connectivity index (χ1) is 14.3. The Labute approximate surface area is 175 Å². The molecule has 2 aromatic rings. The van der Waals surface area contributed by atoms with E-state index < -0.39 is 6.04 Å². The van der Waals surface area contributed by atoms with Gasteiger partial charge in [0.2, 0.25) is 5.91 Å². The molecule has 0 aliphatic rings. The van der Waals surface area contributed by atoms with Crippen LogP contribution in [-0.4, -0.2) is 36.9 Å². The Balaban J connectivity index is 1.96. The zero-order chi connectivity index (χ0) is 22.1. The zero-order valence-corrected chi connectivity index (χ0v) is 17.3. The topological polar surface area (TPSA) is 116 Å². The summed E-state index contributed by atoms with van der Waals surface area (Å²) >= 11 is 0. The third-order valence-corrected chi connectivity index (χ3v) is 4.64. The molecule has 0 spiro atoms. The van der Waals surface area contributed by atoms with Gasteiger partial charge in [0, 0.05) is 18.3 Å². The van der Waals surface area contributed by atoms with Crippen LogP contribution in [0.4, 0.5) is 17.1 Å². The Hall–Kier alpha value is -3.70. The van der Waals surface area contributed by atoms with Crippen LogP contribution in [0.25, 0.3) is 0 Å². The van der Waals surface area contributed by atoms with Crippen molar-refractivity contribution in [3.8, 4) is 6.07 Å². The SMILES string of the molecule is CC[NH+](CC(=O)Nc1ccc(NC(C)=O)cc1)[C@@H](C)C(=O)Nc1ccccc1C#N. The van der Waals surface area contributed by atoms with Crippen LogP contribution in [0.5, 0.6) is 0 Å². The summed E-state index contributed by atoms with van der Waals surface area (Å²) in [6.07, 6.45) is 0. The van der Waals surface area contributed by atoms with Gasteiger partial charge in [-0.05, 0) is 50.2 Å². The summed E-state index contributed by atoms with van der Waals surface area (Å²) in [5, 5.41) is 17.4. The van der Waals surface area contributed by atoms with Crippen LogP contribution in [0.2, 0.25) is 0 Å². The van der Waals surface area contributed by atoms with Crippen molar-refractivity contribution in [1.82, 2.24) is 0 Å². The molecule has 0 aromatic heterocycles. The standard InChI is InChI=1S/C22H25N5O3/c1-4-27(15(2)22(30)26-20-8-6-5-7-17(20)13-23)14-21(29)25-19-11-9-18(10-12-19)24-16(3)28/h5-12,15H,4,14H2,1-3H3,(H,24,28)(H,25,29)(H,26,30)/p+1/t15-/m0/s1. The van der Waals surface area contributed by atoms with Crippen molar-refractivity contribution < 1.29 is 19.3 Å². The molecule has 2 rings (SSSR count). The third-order valence-electron chi connectivity index (χ3n) is 4.64. The lowest BCUT2D eigenvalue weighted by Crippen LogP contribution is -3.17. The summed E-state index contributed by atoms with van der Waals surface area (Å²) in [4.78, 5) is 36.9. The minimum Gasteiger partial charge on any atom is -0.326 e. The largest absolute Gasteiger partial charge is 0.326 e. The Morgan fingerprint density at radius 3 is 2.17 bits per heavy atom. The van der Waals surface area contributed by atoms with E-state index in [9.17, 15) is 14.4 Å². The van der Waals surface area contributed by atoms with Crippen molar-refractivity contribution in [3.63, 3.8) is 0 Å². The second-order valence-corrected chi connectivity index (χ2v) is 6.86. The normalized spacial score (nSPS) is 12.2. The fourth-order valence-electron chi connectivity index (χ4n) is 2.95. The van der Waals surface area contributed by atoms with E-state index in [1.807, 2.05) is 13.0 Å². The monoisotopic (exact) mass is 408 g/mol. The fourth-order valence-corrected chi connectivity index (χ4v) is 2.95. The predicted molar refractivity (Wildman–Crippen MR) is 115 cm³/mol. The molecule has 30 heavy (non-hydrogen) atoms.